The van der Waals surface area contributed by atoms with Crippen molar-refractivity contribution in [2.24, 2.45) is 17.6 Å². The molecule has 2 fully saturated rings. The molecule has 3 aliphatic rings. The first kappa shape index (κ1) is 39.1. The Bertz CT molecular complexity index is 1820. The fourth-order valence-corrected chi connectivity index (χ4v) is 7.73. The summed E-state index contributed by atoms with van der Waals surface area (Å²) in [7, 11) is -3.64. The number of carbonyl (C=O) groups is 4. The van der Waals surface area contributed by atoms with Gasteiger partial charge in [-0.1, -0.05) is 48.7 Å². The molecule has 1 heterocycles. The van der Waals surface area contributed by atoms with E-state index in [2.05, 4.69) is 10.0 Å². The minimum atomic E-state index is -3.64. The second kappa shape index (κ2) is 15.9. The lowest BCUT2D eigenvalue weighted by atomic mass is 9.92. The van der Waals surface area contributed by atoms with Gasteiger partial charge in [0.25, 0.3) is 0 Å². The van der Waals surface area contributed by atoms with Gasteiger partial charge in [0.2, 0.25) is 27.7 Å². The number of nitrogens with zero attached hydrogens (tertiary/aromatic N) is 1. The molecule has 52 heavy (non-hydrogen) atoms. The summed E-state index contributed by atoms with van der Waals surface area (Å²) in [4.78, 5) is 53.5. The van der Waals surface area contributed by atoms with Crippen LogP contribution in [0.15, 0.2) is 54.6 Å². The van der Waals surface area contributed by atoms with Crippen molar-refractivity contribution in [1.82, 2.24) is 14.9 Å². The van der Waals surface area contributed by atoms with Crippen LogP contribution in [0.4, 0.5) is 4.79 Å². The molecule has 2 saturated carbocycles. The molecule has 0 radical (unpaired) electrons. The molecule has 2 aliphatic carbocycles. The molecule has 0 aromatic heterocycles. The van der Waals surface area contributed by atoms with E-state index in [4.69, 9.17) is 26.8 Å². The van der Waals surface area contributed by atoms with Gasteiger partial charge in [-0.05, 0) is 114 Å². The van der Waals surface area contributed by atoms with Crippen molar-refractivity contribution in [2.45, 2.75) is 114 Å². The molecule has 4 N–H and O–H groups in total. The van der Waals surface area contributed by atoms with E-state index in [1.54, 1.807) is 58.0 Å². The van der Waals surface area contributed by atoms with Crippen LogP contribution in [0, 0.1) is 11.8 Å². The molecule has 0 saturated heterocycles. The Kier molecular flexibility index (Phi) is 11.9. The smallest absolute Gasteiger partial charge is 0.408 e. The highest BCUT2D eigenvalue weighted by Crippen LogP contribution is 2.44. The van der Waals surface area contributed by atoms with E-state index in [9.17, 15) is 27.6 Å². The molecule has 12 nitrogen and oxygen atoms in total. The molecule has 4 amide bonds. The molecular weight excluding hydrogens is 708 g/mol. The van der Waals surface area contributed by atoms with Gasteiger partial charge in [-0.25, -0.2) is 13.2 Å². The number of sulfonamides is 1. The first-order chi connectivity index (χ1) is 24.4. The highest BCUT2D eigenvalue weighted by molar-refractivity contribution is 7.91. The number of benzene rings is 2. The molecule has 4 atom stereocenters. The number of nitrogens with two attached hydrogens (primary N) is 1. The topological polar surface area (TPSA) is 174 Å². The molecule has 282 valence electrons. The Balaban J connectivity index is 1.16. The second-order valence-electron chi connectivity index (χ2n) is 15.3. The van der Waals surface area contributed by atoms with Crippen molar-refractivity contribution in [3.05, 3.63) is 70.8 Å². The van der Waals surface area contributed by atoms with Gasteiger partial charge in [0.05, 0.1) is 4.75 Å². The van der Waals surface area contributed by atoms with Crippen molar-refractivity contribution in [1.29, 1.82) is 0 Å². The largest absolute Gasteiger partial charge is 0.457 e. The fraction of sp³-hybridized carbons (Fsp3) is 0.526. The van der Waals surface area contributed by atoms with Crippen molar-refractivity contribution < 1.29 is 37.1 Å². The SMILES string of the molecule is CC(C)(C)OC(=O)N[C@@H](CCCCC/C=C\[C@@H]1C[C@@H]1C(=O)NS(=O)(=O)C1(C)CC1)C(=O)N1Cc2ccc(Oc3cccc(Cl)c3)cc2C[C@H]1C(N)=O. The first-order valence-corrected chi connectivity index (χ1v) is 19.7. The predicted molar refractivity (Wildman–Crippen MR) is 197 cm³/mol. The lowest BCUT2D eigenvalue weighted by Crippen LogP contribution is -2.57. The highest BCUT2D eigenvalue weighted by atomic mass is 35.5. The summed E-state index contributed by atoms with van der Waals surface area (Å²) < 4.78 is 37.6. The maximum absolute atomic E-state index is 14.1. The normalized spacial score (nSPS) is 21.1. The van der Waals surface area contributed by atoms with Gasteiger partial charge in [0, 0.05) is 23.9 Å². The highest BCUT2D eigenvalue weighted by Gasteiger charge is 2.52. The summed E-state index contributed by atoms with van der Waals surface area (Å²) in [6, 6.07) is 10.6. The van der Waals surface area contributed by atoms with Gasteiger partial charge in [-0.15, -0.1) is 0 Å². The van der Waals surface area contributed by atoms with E-state index >= 15 is 0 Å². The number of unbranched alkanes of at least 4 members (excludes halogenated alkanes) is 3. The summed E-state index contributed by atoms with van der Waals surface area (Å²) in [6.45, 7) is 6.98. The van der Waals surface area contributed by atoms with Crippen molar-refractivity contribution in [2.75, 3.05) is 0 Å². The standard InChI is InChI=1S/C38H49ClN4O8S/c1-37(2,3)51-36(47)41-31(14-9-7-5-6-8-11-24-20-30(24)34(45)42-52(48,49)38(4)17-18-38)35(46)43-23-25-15-16-29(19-26(25)21-32(43)33(40)44)50-28-13-10-12-27(39)22-28/h8,10-13,15-16,19,22,24,30-32H,5-7,9,14,17-18,20-21,23H2,1-4H3,(H2,40,44)(H,41,47)(H,42,45)/b11-8-/t24-,30+,31+,32+/m1/s1. The number of nitrogens with one attached hydrogen (secondary N) is 2. The van der Waals surface area contributed by atoms with Crippen LogP contribution in [0.1, 0.15) is 90.2 Å². The Morgan fingerprint density at radius 3 is 2.46 bits per heavy atom. The van der Waals surface area contributed by atoms with E-state index in [0.29, 0.717) is 48.6 Å². The monoisotopic (exact) mass is 756 g/mol. The third kappa shape index (κ3) is 10.3. The lowest BCUT2D eigenvalue weighted by molar-refractivity contribution is -0.142. The minimum absolute atomic E-state index is 0.0252. The van der Waals surface area contributed by atoms with Gasteiger partial charge < -0.3 is 25.4 Å². The van der Waals surface area contributed by atoms with Gasteiger partial charge in [0.15, 0.2) is 0 Å². The number of amides is 4. The molecule has 0 spiro atoms. The number of alkyl carbamates (subject to hydrolysis) is 1. The van der Waals surface area contributed by atoms with E-state index in [-0.39, 0.29) is 24.8 Å². The van der Waals surface area contributed by atoms with Crippen molar-refractivity contribution in [3.8, 4) is 11.5 Å². The fourth-order valence-electron chi connectivity index (χ4n) is 6.25. The predicted octanol–water partition coefficient (Wildman–Crippen LogP) is 5.91. The van der Waals surface area contributed by atoms with Crippen LogP contribution in [-0.4, -0.2) is 59.6 Å². The Morgan fingerprint density at radius 2 is 1.79 bits per heavy atom. The van der Waals surface area contributed by atoms with Crippen LogP contribution in [-0.2, 0) is 42.1 Å². The molecule has 0 unspecified atom stereocenters. The first-order valence-electron chi connectivity index (χ1n) is 17.8. The lowest BCUT2D eigenvalue weighted by Gasteiger charge is -2.37. The number of fused-ring (bicyclic) bond motifs is 1. The number of halogens is 1. The molecule has 1 aliphatic heterocycles. The Morgan fingerprint density at radius 1 is 1.06 bits per heavy atom. The van der Waals surface area contributed by atoms with Crippen molar-refractivity contribution >= 4 is 45.4 Å². The second-order valence-corrected chi connectivity index (χ2v) is 17.9. The van der Waals surface area contributed by atoms with Crippen LogP contribution in [0.25, 0.3) is 0 Å². The number of rotatable bonds is 15. The maximum atomic E-state index is 14.1. The zero-order valence-electron chi connectivity index (χ0n) is 30.2. The van der Waals surface area contributed by atoms with Crippen LogP contribution in [0.2, 0.25) is 5.02 Å². The summed E-state index contributed by atoms with van der Waals surface area (Å²) in [5, 5.41) is 3.27. The minimum Gasteiger partial charge on any atom is -0.457 e. The zero-order valence-corrected chi connectivity index (χ0v) is 31.7. The molecule has 0 bridgehead atoms. The Labute approximate surface area is 310 Å². The average molecular weight is 757 g/mol. The maximum Gasteiger partial charge on any atom is 0.408 e. The number of hydrogen-bond acceptors (Lipinski definition) is 8. The quantitative estimate of drug-likeness (QED) is 0.149. The van der Waals surface area contributed by atoms with E-state index in [1.165, 1.54) is 4.90 Å². The Hall–Kier alpha value is -4.10. The van der Waals surface area contributed by atoms with Crippen LogP contribution in [0.3, 0.4) is 0 Å². The third-order valence-electron chi connectivity index (χ3n) is 9.70. The molecular formula is C38H49ClN4O8S. The number of allylic oxidation sites excluding steroid dienone is 2. The third-order valence-corrected chi connectivity index (χ3v) is 12.1. The number of carbonyl (C=O) groups excluding carboxylic acids is 4. The molecule has 14 heteroatoms. The van der Waals surface area contributed by atoms with Gasteiger partial charge in [0.1, 0.15) is 29.2 Å². The van der Waals surface area contributed by atoms with E-state index in [0.717, 1.165) is 30.4 Å². The summed E-state index contributed by atoms with van der Waals surface area (Å²) in [5.74, 6) is -0.689. The number of hydrogen-bond donors (Lipinski definition) is 3. The molecule has 2 aromatic carbocycles. The van der Waals surface area contributed by atoms with Crippen molar-refractivity contribution in [3.63, 3.8) is 0 Å². The summed E-state index contributed by atoms with van der Waals surface area (Å²) >= 11 is 6.09. The van der Waals surface area contributed by atoms with Crippen LogP contribution in [0.5, 0.6) is 11.5 Å². The zero-order chi connectivity index (χ0) is 37.8. The van der Waals surface area contributed by atoms with E-state index < -0.39 is 56.3 Å². The molecule has 5 rings (SSSR count). The number of primary amides is 1. The van der Waals surface area contributed by atoms with Gasteiger partial charge >= 0.3 is 6.09 Å². The van der Waals surface area contributed by atoms with E-state index in [1.807, 2.05) is 24.3 Å². The average Bonchev–Trinajstić information content (AvgIpc) is 3.99. The van der Waals surface area contributed by atoms with Crippen LogP contribution >= 0.6 is 11.6 Å². The van der Waals surface area contributed by atoms with Crippen LogP contribution < -0.4 is 20.5 Å². The number of ether oxygens (including phenoxy) is 2. The summed E-state index contributed by atoms with van der Waals surface area (Å²) in [6.07, 6.45) is 8.44. The molecule has 2 aromatic rings. The van der Waals surface area contributed by atoms with Gasteiger partial charge in [-0.3, -0.25) is 19.1 Å². The summed E-state index contributed by atoms with van der Waals surface area (Å²) in [5.41, 5.74) is 6.72. The van der Waals surface area contributed by atoms with Gasteiger partial charge in [-0.2, -0.15) is 0 Å².